The smallest absolute Gasteiger partial charge is 0.354 e. The molecule has 0 fully saturated rings. The number of hydrogen-bond acceptors (Lipinski definition) is 3. The molecule has 0 radical (unpaired) electrons. The molecule has 104 valence electrons. The molecular formula is C15H14BrNO3. The summed E-state index contributed by atoms with van der Waals surface area (Å²) in [6.45, 7) is 4.22. The van der Waals surface area contributed by atoms with E-state index in [-0.39, 0.29) is 12.3 Å². The van der Waals surface area contributed by atoms with Crippen LogP contribution >= 0.6 is 15.9 Å². The number of ether oxygens (including phenoxy) is 1. The van der Waals surface area contributed by atoms with Gasteiger partial charge in [-0.25, -0.2) is 9.78 Å². The number of hydrogen-bond donors (Lipinski definition) is 1. The summed E-state index contributed by atoms with van der Waals surface area (Å²) in [7, 11) is 0. The molecule has 1 aromatic heterocycles. The van der Waals surface area contributed by atoms with Gasteiger partial charge in [0.2, 0.25) is 0 Å². The minimum Gasteiger partial charge on any atom is -0.487 e. The standard InChI is InChI=1S/C15H14BrNO3/c1-9-6-12(7-10(2)14(9)16)20-8-11-4-3-5-13(17-11)15(18)19/h3-7H,8H2,1-2H3,(H,18,19). The number of pyridine rings is 1. The molecule has 4 nitrogen and oxygen atoms in total. The molecule has 0 saturated carbocycles. The Morgan fingerprint density at radius 1 is 1.30 bits per heavy atom. The lowest BCUT2D eigenvalue weighted by atomic mass is 10.1. The predicted octanol–water partition coefficient (Wildman–Crippen LogP) is 3.74. The number of rotatable bonds is 4. The van der Waals surface area contributed by atoms with E-state index in [4.69, 9.17) is 9.84 Å². The molecule has 0 amide bonds. The number of carboxylic acid groups (broad SMARTS) is 1. The van der Waals surface area contributed by atoms with Crippen molar-refractivity contribution in [2.45, 2.75) is 20.5 Å². The molecule has 1 aromatic carbocycles. The molecule has 0 unspecified atom stereocenters. The van der Waals surface area contributed by atoms with Crippen molar-refractivity contribution in [3.8, 4) is 5.75 Å². The molecule has 0 aliphatic heterocycles. The second-order valence-electron chi connectivity index (χ2n) is 4.48. The van der Waals surface area contributed by atoms with Crippen molar-refractivity contribution in [1.29, 1.82) is 0 Å². The van der Waals surface area contributed by atoms with E-state index in [0.717, 1.165) is 21.3 Å². The Morgan fingerprint density at radius 3 is 2.55 bits per heavy atom. The summed E-state index contributed by atoms with van der Waals surface area (Å²) in [6, 6.07) is 8.72. The Bertz CT molecular complexity index is 632. The van der Waals surface area contributed by atoms with Crippen LogP contribution in [0.3, 0.4) is 0 Å². The average molecular weight is 336 g/mol. The van der Waals surface area contributed by atoms with Crippen molar-refractivity contribution in [2.24, 2.45) is 0 Å². The van der Waals surface area contributed by atoms with Crippen molar-refractivity contribution < 1.29 is 14.6 Å². The van der Waals surface area contributed by atoms with E-state index in [1.165, 1.54) is 6.07 Å². The summed E-state index contributed by atoms with van der Waals surface area (Å²) in [4.78, 5) is 14.9. The van der Waals surface area contributed by atoms with Crippen LogP contribution in [0.15, 0.2) is 34.8 Å². The first-order valence-electron chi connectivity index (χ1n) is 6.06. The molecule has 0 aliphatic rings. The molecule has 0 aliphatic carbocycles. The molecule has 20 heavy (non-hydrogen) atoms. The van der Waals surface area contributed by atoms with Gasteiger partial charge in [-0.2, -0.15) is 0 Å². The maximum atomic E-state index is 10.8. The van der Waals surface area contributed by atoms with E-state index in [1.54, 1.807) is 12.1 Å². The first kappa shape index (κ1) is 14.5. The van der Waals surface area contributed by atoms with Gasteiger partial charge in [0, 0.05) is 4.47 Å². The van der Waals surface area contributed by atoms with Gasteiger partial charge in [0.25, 0.3) is 0 Å². The topological polar surface area (TPSA) is 59.4 Å². The maximum Gasteiger partial charge on any atom is 0.354 e. The lowest BCUT2D eigenvalue weighted by Gasteiger charge is -2.10. The lowest BCUT2D eigenvalue weighted by Crippen LogP contribution is -2.05. The third-order valence-electron chi connectivity index (χ3n) is 2.82. The SMILES string of the molecule is Cc1cc(OCc2cccc(C(=O)O)n2)cc(C)c1Br. The van der Waals surface area contributed by atoms with Crippen LogP contribution in [-0.2, 0) is 6.61 Å². The minimum atomic E-state index is -1.04. The molecule has 0 spiro atoms. The van der Waals surface area contributed by atoms with Gasteiger partial charge in [0.05, 0.1) is 5.69 Å². The third kappa shape index (κ3) is 3.36. The van der Waals surface area contributed by atoms with Crippen LogP contribution in [0.25, 0.3) is 0 Å². The van der Waals surface area contributed by atoms with Crippen molar-refractivity contribution in [3.05, 3.63) is 57.3 Å². The Morgan fingerprint density at radius 2 is 1.95 bits per heavy atom. The Balaban J connectivity index is 2.13. The van der Waals surface area contributed by atoms with E-state index in [2.05, 4.69) is 20.9 Å². The molecule has 2 aromatic rings. The number of nitrogens with zero attached hydrogens (tertiary/aromatic N) is 1. The van der Waals surface area contributed by atoms with Crippen molar-refractivity contribution >= 4 is 21.9 Å². The number of aromatic nitrogens is 1. The largest absolute Gasteiger partial charge is 0.487 e. The van der Waals surface area contributed by atoms with Crippen molar-refractivity contribution in [1.82, 2.24) is 4.98 Å². The highest BCUT2D eigenvalue weighted by Crippen LogP contribution is 2.26. The number of carbonyl (C=O) groups is 1. The molecule has 5 heteroatoms. The van der Waals surface area contributed by atoms with E-state index in [0.29, 0.717) is 5.69 Å². The molecule has 0 bridgehead atoms. The average Bonchev–Trinajstić information content (AvgIpc) is 2.42. The fourth-order valence-electron chi connectivity index (χ4n) is 1.83. The number of carboxylic acids is 1. The lowest BCUT2D eigenvalue weighted by molar-refractivity contribution is 0.0690. The van der Waals surface area contributed by atoms with Crippen molar-refractivity contribution in [2.75, 3.05) is 0 Å². The summed E-state index contributed by atoms with van der Waals surface area (Å²) >= 11 is 3.50. The van der Waals surface area contributed by atoms with E-state index >= 15 is 0 Å². The Kier molecular flexibility index (Phi) is 4.39. The summed E-state index contributed by atoms with van der Waals surface area (Å²) in [5, 5.41) is 8.89. The van der Waals surface area contributed by atoms with Crippen molar-refractivity contribution in [3.63, 3.8) is 0 Å². The van der Waals surface area contributed by atoms with Gasteiger partial charge in [-0.1, -0.05) is 22.0 Å². The van der Waals surface area contributed by atoms with Gasteiger partial charge in [-0.05, 0) is 49.2 Å². The van der Waals surface area contributed by atoms with E-state index in [9.17, 15) is 4.79 Å². The fourth-order valence-corrected chi connectivity index (χ4v) is 2.05. The van der Waals surface area contributed by atoms with Crippen LogP contribution < -0.4 is 4.74 Å². The first-order chi connectivity index (χ1) is 9.47. The summed E-state index contributed by atoms with van der Waals surface area (Å²) < 4.78 is 6.73. The second-order valence-corrected chi connectivity index (χ2v) is 5.27. The van der Waals surface area contributed by atoms with Crippen LogP contribution in [-0.4, -0.2) is 16.1 Å². The first-order valence-corrected chi connectivity index (χ1v) is 6.85. The number of halogens is 1. The van der Waals surface area contributed by atoms with Gasteiger partial charge in [-0.3, -0.25) is 0 Å². The van der Waals surface area contributed by atoms with Gasteiger partial charge in [0.15, 0.2) is 0 Å². The van der Waals surface area contributed by atoms with Gasteiger partial charge >= 0.3 is 5.97 Å². The monoisotopic (exact) mass is 335 g/mol. The highest BCUT2D eigenvalue weighted by Gasteiger charge is 2.07. The molecule has 0 saturated heterocycles. The fraction of sp³-hybridized carbons (Fsp3) is 0.200. The zero-order valence-corrected chi connectivity index (χ0v) is 12.8. The maximum absolute atomic E-state index is 10.8. The zero-order chi connectivity index (χ0) is 14.7. The van der Waals surface area contributed by atoms with Crippen LogP contribution in [0.1, 0.15) is 27.3 Å². The number of aryl methyl sites for hydroxylation is 2. The second kappa shape index (κ2) is 6.05. The summed E-state index contributed by atoms with van der Waals surface area (Å²) in [5.41, 5.74) is 2.79. The minimum absolute atomic E-state index is 0.0225. The van der Waals surface area contributed by atoms with Crippen LogP contribution in [0, 0.1) is 13.8 Å². The normalized spacial score (nSPS) is 10.3. The van der Waals surface area contributed by atoms with E-state index < -0.39 is 5.97 Å². The van der Waals surface area contributed by atoms with E-state index in [1.807, 2.05) is 26.0 Å². The molecular weight excluding hydrogens is 322 g/mol. The van der Waals surface area contributed by atoms with Gasteiger partial charge < -0.3 is 9.84 Å². The highest BCUT2D eigenvalue weighted by molar-refractivity contribution is 9.10. The molecule has 0 atom stereocenters. The van der Waals surface area contributed by atoms with Gasteiger partial charge in [0.1, 0.15) is 18.1 Å². The Labute approximate surface area is 125 Å². The molecule has 2 rings (SSSR count). The quantitative estimate of drug-likeness (QED) is 0.924. The number of aromatic carboxylic acids is 1. The molecule has 1 N–H and O–H groups in total. The highest BCUT2D eigenvalue weighted by atomic mass is 79.9. The Hall–Kier alpha value is -1.88. The summed E-state index contributed by atoms with van der Waals surface area (Å²) in [6.07, 6.45) is 0. The third-order valence-corrected chi connectivity index (χ3v) is 4.07. The van der Waals surface area contributed by atoms with Crippen LogP contribution in [0.5, 0.6) is 5.75 Å². The number of benzene rings is 1. The van der Waals surface area contributed by atoms with Crippen LogP contribution in [0.2, 0.25) is 0 Å². The zero-order valence-electron chi connectivity index (χ0n) is 11.2. The predicted molar refractivity (Wildman–Crippen MR) is 79.1 cm³/mol. The van der Waals surface area contributed by atoms with Crippen LogP contribution in [0.4, 0.5) is 0 Å². The molecule has 1 heterocycles. The summed E-state index contributed by atoms with van der Waals surface area (Å²) in [5.74, 6) is -0.298. The van der Waals surface area contributed by atoms with Gasteiger partial charge in [-0.15, -0.1) is 0 Å².